The molecule has 2 heterocycles. The van der Waals surface area contributed by atoms with E-state index in [2.05, 4.69) is 10.3 Å². The van der Waals surface area contributed by atoms with Crippen LogP contribution in [-0.4, -0.2) is 58.7 Å². The third-order valence-corrected chi connectivity index (χ3v) is 4.85. The maximum Gasteiger partial charge on any atom is 0.276 e. The van der Waals surface area contributed by atoms with Gasteiger partial charge in [0.25, 0.3) is 5.91 Å². The monoisotopic (exact) mass is 344 g/mol. The van der Waals surface area contributed by atoms with Crippen LogP contribution in [-0.2, 0) is 4.74 Å². The fraction of sp³-hybridized carbons (Fsp3) is 0.500. The number of nitrogens with zero attached hydrogens (tertiary/aromatic N) is 4. The molecule has 0 aliphatic carbocycles. The number of benzene rings is 1. The lowest BCUT2D eigenvalue weighted by molar-refractivity contribution is 0.0337. The number of ether oxygens (including phenoxy) is 2. The SMILES string of the molecule is COc1ccc(-n2nnc(C(=O)N(C)C(C)C3CCCO3)c2C)cc1. The van der Waals surface area contributed by atoms with E-state index in [4.69, 9.17) is 9.47 Å². The molecular weight excluding hydrogens is 320 g/mol. The van der Waals surface area contributed by atoms with Gasteiger partial charge in [0.1, 0.15) is 5.75 Å². The van der Waals surface area contributed by atoms with Gasteiger partial charge in [-0.05, 0) is 51.0 Å². The van der Waals surface area contributed by atoms with Crippen molar-refractivity contribution in [2.75, 3.05) is 20.8 Å². The highest BCUT2D eigenvalue weighted by Gasteiger charge is 2.30. The summed E-state index contributed by atoms with van der Waals surface area (Å²) in [7, 11) is 3.41. The number of likely N-dealkylation sites (N-methyl/N-ethyl adjacent to an activating group) is 1. The third kappa shape index (κ3) is 3.37. The number of aromatic nitrogens is 3. The van der Waals surface area contributed by atoms with Crippen molar-refractivity contribution in [1.29, 1.82) is 0 Å². The number of carbonyl (C=O) groups is 1. The third-order valence-electron chi connectivity index (χ3n) is 4.85. The molecule has 2 atom stereocenters. The highest BCUT2D eigenvalue weighted by Crippen LogP contribution is 2.21. The average molecular weight is 344 g/mol. The molecule has 3 rings (SSSR count). The van der Waals surface area contributed by atoms with E-state index in [9.17, 15) is 4.79 Å². The summed E-state index contributed by atoms with van der Waals surface area (Å²) in [6, 6.07) is 7.47. The van der Waals surface area contributed by atoms with E-state index in [0.717, 1.165) is 30.9 Å². The van der Waals surface area contributed by atoms with Crippen LogP contribution < -0.4 is 4.74 Å². The number of hydrogen-bond donors (Lipinski definition) is 0. The summed E-state index contributed by atoms with van der Waals surface area (Å²) >= 11 is 0. The second-order valence-electron chi connectivity index (χ2n) is 6.34. The van der Waals surface area contributed by atoms with Crippen LogP contribution in [0.25, 0.3) is 5.69 Å². The van der Waals surface area contributed by atoms with E-state index >= 15 is 0 Å². The van der Waals surface area contributed by atoms with Gasteiger partial charge in [-0.2, -0.15) is 0 Å². The number of rotatable bonds is 5. The number of carbonyl (C=O) groups excluding carboxylic acids is 1. The molecule has 25 heavy (non-hydrogen) atoms. The molecular formula is C18H24N4O3. The summed E-state index contributed by atoms with van der Waals surface area (Å²) in [5, 5.41) is 8.26. The fourth-order valence-electron chi connectivity index (χ4n) is 3.08. The van der Waals surface area contributed by atoms with Crippen molar-refractivity contribution < 1.29 is 14.3 Å². The van der Waals surface area contributed by atoms with E-state index in [1.165, 1.54) is 0 Å². The van der Waals surface area contributed by atoms with Crippen LogP contribution in [0, 0.1) is 6.92 Å². The first-order valence-electron chi connectivity index (χ1n) is 8.48. The van der Waals surface area contributed by atoms with Gasteiger partial charge in [-0.3, -0.25) is 4.79 Å². The minimum Gasteiger partial charge on any atom is -0.497 e. The fourth-order valence-corrected chi connectivity index (χ4v) is 3.08. The molecule has 1 aromatic heterocycles. The topological polar surface area (TPSA) is 69.5 Å². The highest BCUT2D eigenvalue weighted by atomic mass is 16.5. The Balaban J connectivity index is 1.80. The summed E-state index contributed by atoms with van der Waals surface area (Å²) in [6.07, 6.45) is 2.12. The zero-order valence-corrected chi connectivity index (χ0v) is 15.1. The van der Waals surface area contributed by atoms with Crippen LogP contribution in [0.3, 0.4) is 0 Å². The van der Waals surface area contributed by atoms with Crippen molar-refractivity contribution in [1.82, 2.24) is 19.9 Å². The van der Waals surface area contributed by atoms with Crippen LogP contribution >= 0.6 is 0 Å². The van der Waals surface area contributed by atoms with E-state index in [1.807, 2.05) is 38.1 Å². The number of hydrogen-bond acceptors (Lipinski definition) is 5. The Bertz CT molecular complexity index is 735. The molecule has 2 aromatic rings. The standard InChI is InChI=1S/C18H24N4O3/c1-12(16-6-5-11-25-16)21(3)18(23)17-13(2)22(20-19-17)14-7-9-15(24-4)10-8-14/h7-10,12,16H,5-6,11H2,1-4H3. The van der Waals surface area contributed by atoms with E-state index < -0.39 is 0 Å². The zero-order chi connectivity index (χ0) is 18.0. The quantitative estimate of drug-likeness (QED) is 0.832. The summed E-state index contributed by atoms with van der Waals surface area (Å²) in [4.78, 5) is 14.5. The molecule has 0 N–H and O–H groups in total. The van der Waals surface area contributed by atoms with Gasteiger partial charge in [0.05, 0.1) is 30.6 Å². The van der Waals surface area contributed by atoms with Gasteiger partial charge in [-0.1, -0.05) is 5.21 Å². The molecule has 0 radical (unpaired) electrons. The van der Waals surface area contributed by atoms with Crippen molar-refractivity contribution >= 4 is 5.91 Å². The minimum absolute atomic E-state index is 0.000497. The molecule has 7 nitrogen and oxygen atoms in total. The lowest BCUT2D eigenvalue weighted by atomic mass is 10.1. The van der Waals surface area contributed by atoms with Crippen molar-refractivity contribution in [3.8, 4) is 11.4 Å². The molecule has 7 heteroatoms. The highest BCUT2D eigenvalue weighted by molar-refractivity contribution is 5.93. The molecule has 1 aliphatic heterocycles. The van der Waals surface area contributed by atoms with Gasteiger partial charge in [-0.25, -0.2) is 4.68 Å². The summed E-state index contributed by atoms with van der Waals surface area (Å²) in [5.74, 6) is 0.628. The summed E-state index contributed by atoms with van der Waals surface area (Å²) in [6.45, 7) is 4.63. The van der Waals surface area contributed by atoms with Gasteiger partial charge >= 0.3 is 0 Å². The van der Waals surface area contributed by atoms with E-state index in [1.54, 1.807) is 23.7 Å². The average Bonchev–Trinajstić information content (AvgIpc) is 3.30. The largest absolute Gasteiger partial charge is 0.497 e. The predicted molar refractivity (Wildman–Crippen MR) is 93.2 cm³/mol. The van der Waals surface area contributed by atoms with Gasteiger partial charge in [0, 0.05) is 13.7 Å². The van der Waals surface area contributed by atoms with E-state index in [0.29, 0.717) is 11.4 Å². The van der Waals surface area contributed by atoms with Gasteiger partial charge in [0.15, 0.2) is 5.69 Å². The molecule has 134 valence electrons. The normalized spacial score (nSPS) is 18.2. The van der Waals surface area contributed by atoms with Crippen LogP contribution in [0.1, 0.15) is 35.9 Å². The Morgan fingerprint density at radius 2 is 2.12 bits per heavy atom. The van der Waals surface area contributed by atoms with Crippen molar-refractivity contribution in [3.63, 3.8) is 0 Å². The van der Waals surface area contributed by atoms with Crippen molar-refractivity contribution in [2.45, 2.75) is 38.8 Å². The lowest BCUT2D eigenvalue weighted by Crippen LogP contribution is -2.42. The Morgan fingerprint density at radius 3 is 2.72 bits per heavy atom. The second-order valence-corrected chi connectivity index (χ2v) is 6.34. The summed E-state index contributed by atoms with van der Waals surface area (Å²) < 4.78 is 12.5. The van der Waals surface area contributed by atoms with Crippen molar-refractivity contribution in [2.24, 2.45) is 0 Å². The molecule has 0 spiro atoms. The summed E-state index contributed by atoms with van der Waals surface area (Å²) in [5.41, 5.74) is 1.91. The molecule has 0 bridgehead atoms. The lowest BCUT2D eigenvalue weighted by Gasteiger charge is -2.28. The predicted octanol–water partition coefficient (Wildman–Crippen LogP) is 2.22. The minimum atomic E-state index is -0.139. The molecule has 1 amide bonds. The molecule has 1 fully saturated rings. The van der Waals surface area contributed by atoms with Gasteiger partial charge < -0.3 is 14.4 Å². The number of amides is 1. The first-order chi connectivity index (χ1) is 12.0. The molecule has 1 saturated heterocycles. The van der Waals surface area contributed by atoms with Crippen LogP contribution in [0.15, 0.2) is 24.3 Å². The van der Waals surface area contributed by atoms with E-state index in [-0.39, 0.29) is 18.1 Å². The number of methoxy groups -OCH3 is 1. The maximum atomic E-state index is 12.8. The van der Waals surface area contributed by atoms with Crippen LogP contribution in [0.4, 0.5) is 0 Å². The zero-order valence-electron chi connectivity index (χ0n) is 15.1. The Labute approximate surface area is 147 Å². The van der Waals surface area contributed by atoms with Crippen LogP contribution in [0.2, 0.25) is 0 Å². The molecule has 1 aliphatic rings. The van der Waals surface area contributed by atoms with Gasteiger partial charge in [-0.15, -0.1) is 5.10 Å². The first-order valence-corrected chi connectivity index (χ1v) is 8.48. The Kier molecular flexibility index (Phi) is 5.03. The Morgan fingerprint density at radius 1 is 1.40 bits per heavy atom. The molecule has 1 aromatic carbocycles. The van der Waals surface area contributed by atoms with Gasteiger partial charge in [0.2, 0.25) is 0 Å². The van der Waals surface area contributed by atoms with Crippen LogP contribution in [0.5, 0.6) is 5.75 Å². The molecule has 2 unspecified atom stereocenters. The Hall–Kier alpha value is -2.41. The second kappa shape index (κ2) is 7.23. The molecule has 0 saturated carbocycles. The maximum absolute atomic E-state index is 12.8. The van der Waals surface area contributed by atoms with Crippen molar-refractivity contribution in [3.05, 3.63) is 35.7 Å². The first kappa shape index (κ1) is 17.4. The smallest absolute Gasteiger partial charge is 0.276 e.